The van der Waals surface area contributed by atoms with Crippen molar-refractivity contribution in [2.75, 3.05) is 0 Å². The van der Waals surface area contributed by atoms with Crippen molar-refractivity contribution in [2.24, 2.45) is 5.73 Å². The zero-order valence-corrected chi connectivity index (χ0v) is 14.6. The molecule has 0 atom stereocenters. The van der Waals surface area contributed by atoms with Crippen LogP contribution < -0.4 is 11.3 Å². The molecule has 0 aliphatic rings. The predicted octanol–water partition coefficient (Wildman–Crippen LogP) is 3.01. The molecule has 2 N–H and O–H groups in total. The van der Waals surface area contributed by atoms with Gasteiger partial charge in [0.15, 0.2) is 0 Å². The summed E-state index contributed by atoms with van der Waals surface area (Å²) >= 11 is 6.59. The fourth-order valence-electron chi connectivity index (χ4n) is 2.75. The number of aromatic nitrogens is 2. The molecule has 0 bridgehead atoms. The van der Waals surface area contributed by atoms with Crippen molar-refractivity contribution < 1.29 is 0 Å². The van der Waals surface area contributed by atoms with E-state index in [2.05, 4.69) is 11.9 Å². The van der Waals surface area contributed by atoms with Crippen LogP contribution in [-0.4, -0.2) is 14.5 Å². The summed E-state index contributed by atoms with van der Waals surface area (Å²) in [5.74, 6) is 0. The number of fused-ring (bicyclic) bond motifs is 1. The topological polar surface area (TPSA) is 60.9 Å². The molecule has 0 amide bonds. The summed E-state index contributed by atoms with van der Waals surface area (Å²) in [4.78, 5) is 19.6. The SMILES string of the molecule is CCc1c(C)sc2ncn(Cc3cccc(C(N)=S)c3)c(=O)c12. The van der Waals surface area contributed by atoms with Crippen LogP contribution in [0.25, 0.3) is 10.2 Å². The summed E-state index contributed by atoms with van der Waals surface area (Å²) in [5.41, 5.74) is 8.57. The van der Waals surface area contributed by atoms with E-state index in [-0.39, 0.29) is 5.56 Å². The molecule has 0 unspecified atom stereocenters. The van der Waals surface area contributed by atoms with Crippen molar-refractivity contribution in [3.05, 3.63) is 62.5 Å². The number of thiophene rings is 1. The van der Waals surface area contributed by atoms with E-state index in [1.54, 1.807) is 22.2 Å². The molecular formula is C17H17N3OS2. The van der Waals surface area contributed by atoms with Gasteiger partial charge in [0.1, 0.15) is 9.82 Å². The molecule has 0 radical (unpaired) electrons. The monoisotopic (exact) mass is 343 g/mol. The van der Waals surface area contributed by atoms with Crippen molar-refractivity contribution in [3.8, 4) is 0 Å². The molecule has 0 aliphatic carbocycles. The number of nitrogens with zero attached hydrogens (tertiary/aromatic N) is 2. The van der Waals surface area contributed by atoms with Gasteiger partial charge in [-0.2, -0.15) is 0 Å². The number of nitrogens with two attached hydrogens (primary N) is 1. The quantitative estimate of drug-likeness (QED) is 0.740. The molecule has 23 heavy (non-hydrogen) atoms. The lowest BCUT2D eigenvalue weighted by Gasteiger charge is -2.07. The van der Waals surface area contributed by atoms with Gasteiger partial charge in [0.2, 0.25) is 0 Å². The van der Waals surface area contributed by atoms with E-state index in [1.807, 2.05) is 31.2 Å². The maximum absolute atomic E-state index is 12.8. The summed E-state index contributed by atoms with van der Waals surface area (Å²) in [6, 6.07) is 7.64. The minimum atomic E-state index is 0.0110. The number of hydrogen-bond donors (Lipinski definition) is 1. The van der Waals surface area contributed by atoms with Crippen LogP contribution in [0, 0.1) is 6.92 Å². The van der Waals surface area contributed by atoms with Gasteiger partial charge in [-0.25, -0.2) is 4.98 Å². The Balaban J connectivity index is 2.07. The third-order valence-corrected chi connectivity index (χ3v) is 5.19. The third kappa shape index (κ3) is 2.92. The first-order chi connectivity index (χ1) is 11.0. The molecule has 0 saturated carbocycles. The van der Waals surface area contributed by atoms with Gasteiger partial charge in [0.05, 0.1) is 18.3 Å². The second-order valence-electron chi connectivity index (χ2n) is 5.41. The number of hydrogen-bond acceptors (Lipinski definition) is 4. The lowest BCUT2D eigenvalue weighted by atomic mass is 10.1. The van der Waals surface area contributed by atoms with Crippen molar-refractivity contribution in [1.82, 2.24) is 9.55 Å². The Kier molecular flexibility index (Phi) is 4.28. The van der Waals surface area contributed by atoms with Crippen LogP contribution in [0.3, 0.4) is 0 Å². The summed E-state index contributed by atoms with van der Waals surface area (Å²) in [5, 5.41) is 0.753. The molecule has 1 aromatic carbocycles. The van der Waals surface area contributed by atoms with Crippen LogP contribution in [-0.2, 0) is 13.0 Å². The number of thiocarbonyl (C=S) groups is 1. The molecule has 2 aromatic heterocycles. The van der Waals surface area contributed by atoms with Crippen molar-refractivity contribution in [3.63, 3.8) is 0 Å². The fraction of sp³-hybridized carbons (Fsp3) is 0.235. The predicted molar refractivity (Wildman–Crippen MR) is 99.4 cm³/mol. The highest BCUT2D eigenvalue weighted by Crippen LogP contribution is 2.26. The van der Waals surface area contributed by atoms with E-state index in [0.29, 0.717) is 11.5 Å². The summed E-state index contributed by atoms with van der Waals surface area (Å²) < 4.78 is 1.65. The standard InChI is InChI=1S/C17H17N3OS2/c1-3-13-10(2)23-16-14(13)17(21)20(9-19-16)8-11-5-4-6-12(7-11)15(18)22/h4-7,9H,3,8H2,1-2H3,(H2,18,22). The van der Waals surface area contributed by atoms with Gasteiger partial charge in [-0.1, -0.05) is 37.3 Å². The van der Waals surface area contributed by atoms with Crippen LogP contribution >= 0.6 is 23.6 Å². The summed E-state index contributed by atoms with van der Waals surface area (Å²) in [7, 11) is 0. The lowest BCUT2D eigenvalue weighted by molar-refractivity contribution is 0.748. The third-order valence-electron chi connectivity index (χ3n) is 3.90. The molecule has 0 saturated heterocycles. The lowest BCUT2D eigenvalue weighted by Crippen LogP contribution is -2.21. The highest BCUT2D eigenvalue weighted by molar-refractivity contribution is 7.80. The Labute approximate surface area is 143 Å². The van der Waals surface area contributed by atoms with E-state index < -0.39 is 0 Å². The zero-order valence-electron chi connectivity index (χ0n) is 13.0. The number of rotatable bonds is 4. The van der Waals surface area contributed by atoms with Gasteiger partial charge in [-0.3, -0.25) is 9.36 Å². The summed E-state index contributed by atoms with van der Waals surface area (Å²) in [6.07, 6.45) is 2.46. The van der Waals surface area contributed by atoms with Gasteiger partial charge in [-0.15, -0.1) is 11.3 Å². The fourth-order valence-corrected chi connectivity index (χ4v) is 3.95. The second-order valence-corrected chi connectivity index (χ2v) is 7.06. The van der Waals surface area contributed by atoms with Gasteiger partial charge in [0, 0.05) is 10.4 Å². The number of benzene rings is 1. The highest BCUT2D eigenvalue weighted by atomic mass is 32.1. The first kappa shape index (κ1) is 15.8. The Hall–Kier alpha value is -2.05. The van der Waals surface area contributed by atoms with Gasteiger partial charge >= 0.3 is 0 Å². The van der Waals surface area contributed by atoms with Gasteiger partial charge in [-0.05, 0) is 30.5 Å². The minimum Gasteiger partial charge on any atom is -0.389 e. The Morgan fingerprint density at radius 2 is 2.22 bits per heavy atom. The number of aryl methyl sites for hydroxylation is 2. The molecule has 118 valence electrons. The highest BCUT2D eigenvalue weighted by Gasteiger charge is 2.14. The van der Waals surface area contributed by atoms with Crippen LogP contribution in [0.4, 0.5) is 0 Å². The maximum atomic E-state index is 12.8. The van der Waals surface area contributed by atoms with Crippen LogP contribution in [0.2, 0.25) is 0 Å². The van der Waals surface area contributed by atoms with E-state index in [0.717, 1.165) is 33.3 Å². The van der Waals surface area contributed by atoms with Crippen molar-refractivity contribution in [2.45, 2.75) is 26.8 Å². The molecule has 6 heteroatoms. The Morgan fingerprint density at radius 1 is 1.43 bits per heavy atom. The van der Waals surface area contributed by atoms with Crippen molar-refractivity contribution in [1.29, 1.82) is 0 Å². The minimum absolute atomic E-state index is 0.0110. The average molecular weight is 343 g/mol. The van der Waals surface area contributed by atoms with Crippen molar-refractivity contribution >= 4 is 38.8 Å². The molecule has 2 heterocycles. The summed E-state index contributed by atoms with van der Waals surface area (Å²) in [6.45, 7) is 4.56. The van der Waals surface area contributed by atoms with E-state index in [9.17, 15) is 4.79 Å². The van der Waals surface area contributed by atoms with E-state index >= 15 is 0 Å². The van der Waals surface area contributed by atoms with Crippen LogP contribution in [0.1, 0.15) is 28.5 Å². The van der Waals surface area contributed by atoms with Gasteiger partial charge in [0.25, 0.3) is 5.56 Å². The first-order valence-corrected chi connectivity index (χ1v) is 8.60. The largest absolute Gasteiger partial charge is 0.389 e. The van der Waals surface area contributed by atoms with Crippen LogP contribution in [0.15, 0.2) is 35.4 Å². The Bertz CT molecular complexity index is 956. The van der Waals surface area contributed by atoms with E-state index in [4.69, 9.17) is 18.0 Å². The molecule has 0 spiro atoms. The van der Waals surface area contributed by atoms with Gasteiger partial charge < -0.3 is 5.73 Å². The van der Waals surface area contributed by atoms with E-state index in [1.165, 1.54) is 4.88 Å². The smallest absolute Gasteiger partial charge is 0.262 e. The molecule has 4 nitrogen and oxygen atoms in total. The average Bonchev–Trinajstić information content (AvgIpc) is 2.86. The second kappa shape index (κ2) is 6.22. The zero-order chi connectivity index (χ0) is 16.6. The van der Waals surface area contributed by atoms with Crippen LogP contribution in [0.5, 0.6) is 0 Å². The normalized spacial score (nSPS) is 11.0. The molecule has 3 rings (SSSR count). The molecule has 0 aliphatic heterocycles. The molecule has 0 fully saturated rings. The maximum Gasteiger partial charge on any atom is 0.262 e. The Morgan fingerprint density at radius 3 is 2.91 bits per heavy atom. The first-order valence-electron chi connectivity index (χ1n) is 7.37. The molecular weight excluding hydrogens is 326 g/mol. The molecule has 3 aromatic rings.